The lowest BCUT2D eigenvalue weighted by atomic mass is 10.3. The summed E-state index contributed by atoms with van der Waals surface area (Å²) in [6, 6.07) is 7.26. The van der Waals surface area contributed by atoms with Crippen LogP contribution in [0.5, 0.6) is 5.75 Å². The van der Waals surface area contributed by atoms with E-state index in [4.69, 9.17) is 16.3 Å². The summed E-state index contributed by atoms with van der Waals surface area (Å²) in [7, 11) is 0. The summed E-state index contributed by atoms with van der Waals surface area (Å²) in [5, 5.41) is 3.84. The standard InChI is InChI=1S/C13H11ClFN3O2/c14-11-6-9(15)3-4-12(11)20-8-13(19)18-17-7-10-2-1-5-16-10/h1-7,16H,8H2,(H,18,19)/b17-7+. The zero-order valence-electron chi connectivity index (χ0n) is 10.3. The molecule has 0 saturated carbocycles. The van der Waals surface area contributed by atoms with E-state index in [1.807, 2.05) is 6.07 Å². The van der Waals surface area contributed by atoms with Gasteiger partial charge in [0.1, 0.15) is 11.6 Å². The molecule has 2 aromatic rings. The van der Waals surface area contributed by atoms with Gasteiger partial charge in [0.05, 0.1) is 16.9 Å². The van der Waals surface area contributed by atoms with Gasteiger partial charge >= 0.3 is 0 Å². The van der Waals surface area contributed by atoms with Crippen LogP contribution in [0.4, 0.5) is 4.39 Å². The molecule has 0 atom stereocenters. The second-order valence-corrected chi connectivity index (χ2v) is 4.19. The number of aromatic nitrogens is 1. The first-order valence-corrected chi connectivity index (χ1v) is 6.06. The number of nitrogens with zero attached hydrogens (tertiary/aromatic N) is 1. The maximum Gasteiger partial charge on any atom is 0.277 e. The molecule has 0 saturated heterocycles. The second kappa shape index (κ2) is 6.72. The van der Waals surface area contributed by atoms with E-state index in [-0.39, 0.29) is 17.4 Å². The van der Waals surface area contributed by atoms with Crippen molar-refractivity contribution < 1.29 is 13.9 Å². The van der Waals surface area contributed by atoms with Gasteiger partial charge in [-0.25, -0.2) is 9.82 Å². The maximum absolute atomic E-state index is 12.8. The van der Waals surface area contributed by atoms with Crippen molar-refractivity contribution in [3.05, 3.63) is 53.1 Å². The average Bonchev–Trinajstić information content (AvgIpc) is 2.91. The first-order chi connectivity index (χ1) is 9.65. The highest BCUT2D eigenvalue weighted by molar-refractivity contribution is 6.32. The maximum atomic E-state index is 12.8. The van der Waals surface area contributed by atoms with Gasteiger partial charge in [-0.05, 0) is 30.3 Å². The molecule has 1 aromatic carbocycles. The molecule has 0 aliphatic heterocycles. The van der Waals surface area contributed by atoms with E-state index in [1.165, 1.54) is 18.3 Å². The Morgan fingerprint density at radius 2 is 2.35 bits per heavy atom. The first-order valence-electron chi connectivity index (χ1n) is 5.68. The molecule has 20 heavy (non-hydrogen) atoms. The molecule has 2 rings (SSSR count). The summed E-state index contributed by atoms with van der Waals surface area (Å²) in [6.07, 6.45) is 3.20. The third-order valence-electron chi connectivity index (χ3n) is 2.27. The zero-order chi connectivity index (χ0) is 14.4. The number of ether oxygens (including phenoxy) is 1. The second-order valence-electron chi connectivity index (χ2n) is 3.78. The van der Waals surface area contributed by atoms with Crippen molar-refractivity contribution in [3.63, 3.8) is 0 Å². The zero-order valence-corrected chi connectivity index (χ0v) is 11.0. The lowest BCUT2D eigenvalue weighted by Gasteiger charge is -2.06. The van der Waals surface area contributed by atoms with Gasteiger partial charge in [0.15, 0.2) is 6.61 Å². The van der Waals surface area contributed by atoms with Crippen LogP contribution in [0.2, 0.25) is 5.02 Å². The molecule has 0 fully saturated rings. The Bertz CT molecular complexity index is 614. The van der Waals surface area contributed by atoms with Crippen molar-refractivity contribution in [3.8, 4) is 5.75 Å². The van der Waals surface area contributed by atoms with Crippen LogP contribution in [0.15, 0.2) is 41.6 Å². The van der Waals surface area contributed by atoms with Gasteiger partial charge in [0.25, 0.3) is 5.91 Å². The van der Waals surface area contributed by atoms with Gasteiger partial charge in [-0.1, -0.05) is 11.6 Å². The third-order valence-corrected chi connectivity index (χ3v) is 2.56. The quantitative estimate of drug-likeness (QED) is 0.657. The molecule has 0 aliphatic carbocycles. The fourth-order valence-electron chi connectivity index (χ4n) is 1.37. The smallest absolute Gasteiger partial charge is 0.277 e. The number of carbonyl (C=O) groups is 1. The third kappa shape index (κ3) is 4.10. The van der Waals surface area contributed by atoms with Crippen molar-refractivity contribution in [1.82, 2.24) is 10.4 Å². The van der Waals surface area contributed by atoms with E-state index in [1.54, 1.807) is 12.3 Å². The minimum absolute atomic E-state index is 0.104. The Hall–Kier alpha value is -2.34. The van der Waals surface area contributed by atoms with Crippen LogP contribution in [0.3, 0.4) is 0 Å². The summed E-state index contributed by atoms with van der Waals surface area (Å²) in [5.74, 6) is -0.688. The number of H-pyrrole nitrogens is 1. The number of benzene rings is 1. The largest absolute Gasteiger partial charge is 0.482 e. The summed E-state index contributed by atoms with van der Waals surface area (Å²) >= 11 is 5.75. The lowest BCUT2D eigenvalue weighted by molar-refractivity contribution is -0.123. The van der Waals surface area contributed by atoms with E-state index in [0.29, 0.717) is 0 Å². The van der Waals surface area contributed by atoms with Crippen LogP contribution in [0.25, 0.3) is 0 Å². The minimum atomic E-state index is -0.470. The Labute approximate surface area is 119 Å². The van der Waals surface area contributed by atoms with Gasteiger partial charge in [-0.2, -0.15) is 5.10 Å². The Morgan fingerprint density at radius 3 is 3.05 bits per heavy atom. The predicted molar refractivity (Wildman–Crippen MR) is 73.4 cm³/mol. The highest BCUT2D eigenvalue weighted by atomic mass is 35.5. The number of carbonyl (C=O) groups excluding carboxylic acids is 1. The van der Waals surface area contributed by atoms with E-state index < -0.39 is 11.7 Å². The molecule has 0 spiro atoms. The topological polar surface area (TPSA) is 66.5 Å². The van der Waals surface area contributed by atoms with E-state index in [9.17, 15) is 9.18 Å². The van der Waals surface area contributed by atoms with Crippen LogP contribution in [0.1, 0.15) is 5.69 Å². The molecule has 104 valence electrons. The van der Waals surface area contributed by atoms with Gasteiger partial charge in [0.2, 0.25) is 0 Å². The van der Waals surface area contributed by atoms with E-state index >= 15 is 0 Å². The van der Waals surface area contributed by atoms with E-state index in [0.717, 1.165) is 11.8 Å². The number of rotatable bonds is 5. The van der Waals surface area contributed by atoms with Crippen LogP contribution < -0.4 is 10.2 Å². The van der Waals surface area contributed by atoms with Gasteiger partial charge in [-0.3, -0.25) is 4.79 Å². The Balaban J connectivity index is 1.80. The van der Waals surface area contributed by atoms with Crippen LogP contribution >= 0.6 is 11.6 Å². The monoisotopic (exact) mass is 295 g/mol. The molecule has 2 N–H and O–H groups in total. The summed E-state index contributed by atoms with van der Waals surface area (Å²) in [6.45, 7) is -0.270. The summed E-state index contributed by atoms with van der Waals surface area (Å²) < 4.78 is 18.0. The summed E-state index contributed by atoms with van der Waals surface area (Å²) in [5.41, 5.74) is 3.05. The molecule has 0 unspecified atom stereocenters. The SMILES string of the molecule is O=C(COc1ccc(F)cc1Cl)N/N=C/c1ccc[nH]1. The van der Waals surface area contributed by atoms with Crippen molar-refractivity contribution in [1.29, 1.82) is 0 Å². The molecule has 1 amide bonds. The fraction of sp³-hybridized carbons (Fsp3) is 0.0769. The van der Waals surface area contributed by atoms with Crippen molar-refractivity contribution >= 4 is 23.7 Å². The average molecular weight is 296 g/mol. The molecule has 7 heteroatoms. The van der Waals surface area contributed by atoms with Crippen LogP contribution in [-0.4, -0.2) is 23.7 Å². The van der Waals surface area contributed by atoms with E-state index in [2.05, 4.69) is 15.5 Å². The van der Waals surface area contributed by atoms with Gasteiger partial charge < -0.3 is 9.72 Å². The Morgan fingerprint density at radius 1 is 1.50 bits per heavy atom. The predicted octanol–water partition coefficient (Wildman–Crippen LogP) is 2.34. The van der Waals surface area contributed by atoms with Crippen molar-refractivity contribution in [2.24, 2.45) is 5.10 Å². The highest BCUT2D eigenvalue weighted by Gasteiger charge is 2.06. The first kappa shape index (κ1) is 14.1. The number of nitrogens with one attached hydrogen (secondary N) is 2. The number of hydrogen-bond donors (Lipinski definition) is 2. The Kier molecular flexibility index (Phi) is 4.73. The number of hydrogen-bond acceptors (Lipinski definition) is 3. The van der Waals surface area contributed by atoms with Crippen LogP contribution in [-0.2, 0) is 4.79 Å². The molecule has 5 nitrogen and oxygen atoms in total. The lowest BCUT2D eigenvalue weighted by Crippen LogP contribution is -2.24. The molecule has 1 aromatic heterocycles. The number of aromatic amines is 1. The van der Waals surface area contributed by atoms with Crippen LogP contribution in [0, 0.1) is 5.82 Å². The normalized spacial score (nSPS) is 10.7. The molecular weight excluding hydrogens is 285 g/mol. The molecule has 0 bridgehead atoms. The molecule has 1 heterocycles. The number of halogens is 2. The van der Waals surface area contributed by atoms with Crippen molar-refractivity contribution in [2.45, 2.75) is 0 Å². The number of hydrazone groups is 1. The molecule has 0 aliphatic rings. The minimum Gasteiger partial charge on any atom is -0.482 e. The van der Waals surface area contributed by atoms with Gasteiger partial charge in [-0.15, -0.1) is 0 Å². The highest BCUT2D eigenvalue weighted by Crippen LogP contribution is 2.24. The molecular formula is C13H11ClFN3O2. The fourth-order valence-corrected chi connectivity index (χ4v) is 1.59. The van der Waals surface area contributed by atoms with Crippen molar-refractivity contribution in [2.75, 3.05) is 6.61 Å². The van der Waals surface area contributed by atoms with Gasteiger partial charge in [0, 0.05) is 6.20 Å². The summed E-state index contributed by atoms with van der Waals surface area (Å²) in [4.78, 5) is 14.3. The molecule has 0 radical (unpaired) electrons. The number of amides is 1.